The number of halogens is 3. The fourth-order valence-corrected chi connectivity index (χ4v) is 2.93. The largest absolute Gasteiger partial charge is 0.216 e. The molecule has 19 heavy (non-hydrogen) atoms. The van der Waals surface area contributed by atoms with Crippen molar-refractivity contribution in [3.63, 3.8) is 0 Å². The summed E-state index contributed by atoms with van der Waals surface area (Å²) in [5, 5.41) is 5.05. The summed E-state index contributed by atoms with van der Waals surface area (Å²) in [6.07, 6.45) is 2.26. The Hall–Kier alpha value is -1.10. The Morgan fingerprint density at radius 1 is 1.21 bits per heavy atom. The van der Waals surface area contributed by atoms with Gasteiger partial charge in [0.2, 0.25) is 0 Å². The molecular formula is C13H8BrCl2N3. The van der Waals surface area contributed by atoms with Crippen LogP contribution in [-0.4, -0.2) is 14.6 Å². The van der Waals surface area contributed by atoms with Gasteiger partial charge in [0.1, 0.15) is 10.3 Å². The van der Waals surface area contributed by atoms with Crippen LogP contribution in [0.2, 0.25) is 10.3 Å². The molecule has 3 rings (SSSR count). The molecule has 0 unspecified atom stereocenters. The third-order valence-corrected chi connectivity index (χ3v) is 3.98. The van der Waals surface area contributed by atoms with E-state index < -0.39 is 0 Å². The highest BCUT2D eigenvalue weighted by molar-refractivity contribution is 9.10. The highest BCUT2D eigenvalue weighted by atomic mass is 79.9. The van der Waals surface area contributed by atoms with Gasteiger partial charge in [-0.15, -0.1) is 0 Å². The van der Waals surface area contributed by atoms with Crippen LogP contribution >= 0.6 is 39.1 Å². The van der Waals surface area contributed by atoms with Crippen LogP contribution in [0.15, 0.2) is 41.0 Å². The van der Waals surface area contributed by atoms with Gasteiger partial charge in [-0.3, -0.25) is 0 Å². The summed E-state index contributed by atoms with van der Waals surface area (Å²) < 4.78 is 2.60. The lowest BCUT2D eigenvalue weighted by atomic mass is 10.1. The number of fused-ring (bicyclic) bond motifs is 1. The van der Waals surface area contributed by atoms with Crippen molar-refractivity contribution >= 4 is 44.8 Å². The van der Waals surface area contributed by atoms with Gasteiger partial charge in [-0.2, -0.15) is 5.10 Å². The van der Waals surface area contributed by atoms with Crippen molar-refractivity contribution in [2.24, 2.45) is 0 Å². The van der Waals surface area contributed by atoms with Gasteiger partial charge in [0.05, 0.1) is 6.20 Å². The standard InChI is InChI=1S/C13H8BrCl2N3/c14-9-3-1-2-8(6-9)7-10-12(15)18-11-4-5-17-19(11)13(10)16/h1-6H,7H2. The molecule has 0 atom stereocenters. The van der Waals surface area contributed by atoms with Gasteiger partial charge in [0, 0.05) is 22.5 Å². The number of hydrogen-bond acceptors (Lipinski definition) is 2. The van der Waals surface area contributed by atoms with Crippen LogP contribution in [0, 0.1) is 0 Å². The highest BCUT2D eigenvalue weighted by Gasteiger charge is 2.13. The Kier molecular flexibility index (Phi) is 3.48. The third kappa shape index (κ3) is 2.48. The van der Waals surface area contributed by atoms with Gasteiger partial charge in [0.15, 0.2) is 5.65 Å². The molecule has 0 spiro atoms. The van der Waals surface area contributed by atoms with Crippen LogP contribution in [0.25, 0.3) is 5.65 Å². The van der Waals surface area contributed by atoms with Crippen molar-refractivity contribution in [2.75, 3.05) is 0 Å². The first-order valence-electron chi connectivity index (χ1n) is 5.57. The second-order valence-corrected chi connectivity index (χ2v) is 5.71. The van der Waals surface area contributed by atoms with E-state index >= 15 is 0 Å². The molecule has 0 fully saturated rings. The molecule has 0 aliphatic rings. The second-order valence-electron chi connectivity index (χ2n) is 4.08. The molecule has 2 aromatic heterocycles. The SMILES string of the molecule is Clc1nc2ccnn2c(Cl)c1Cc1cccc(Br)c1. The van der Waals surface area contributed by atoms with E-state index in [1.807, 2.05) is 24.3 Å². The monoisotopic (exact) mass is 355 g/mol. The number of aromatic nitrogens is 3. The Morgan fingerprint density at radius 2 is 2.05 bits per heavy atom. The Morgan fingerprint density at radius 3 is 2.84 bits per heavy atom. The predicted molar refractivity (Wildman–Crippen MR) is 80.0 cm³/mol. The zero-order valence-corrected chi connectivity index (χ0v) is 12.7. The summed E-state index contributed by atoms with van der Waals surface area (Å²) in [6.45, 7) is 0. The molecule has 0 saturated heterocycles. The van der Waals surface area contributed by atoms with Crippen molar-refractivity contribution in [2.45, 2.75) is 6.42 Å². The van der Waals surface area contributed by atoms with E-state index in [-0.39, 0.29) is 0 Å². The van der Waals surface area contributed by atoms with Crippen molar-refractivity contribution in [1.82, 2.24) is 14.6 Å². The lowest BCUT2D eigenvalue weighted by Crippen LogP contribution is -2.01. The van der Waals surface area contributed by atoms with Crippen molar-refractivity contribution in [3.05, 3.63) is 62.4 Å². The van der Waals surface area contributed by atoms with Crippen molar-refractivity contribution < 1.29 is 0 Å². The van der Waals surface area contributed by atoms with Gasteiger partial charge >= 0.3 is 0 Å². The molecule has 96 valence electrons. The summed E-state index contributed by atoms with van der Waals surface area (Å²) in [6, 6.07) is 9.76. The lowest BCUT2D eigenvalue weighted by Gasteiger charge is -2.08. The molecule has 6 heteroatoms. The average molecular weight is 357 g/mol. The highest BCUT2D eigenvalue weighted by Crippen LogP contribution is 2.27. The number of benzene rings is 1. The Labute approximate surface area is 128 Å². The van der Waals surface area contributed by atoms with Gasteiger partial charge in [-0.25, -0.2) is 9.50 Å². The summed E-state index contributed by atoms with van der Waals surface area (Å²) in [4.78, 5) is 4.28. The van der Waals surface area contributed by atoms with E-state index in [1.54, 1.807) is 16.8 Å². The molecule has 0 amide bonds. The summed E-state index contributed by atoms with van der Waals surface area (Å²) in [5.41, 5.74) is 2.53. The molecule has 0 N–H and O–H groups in total. The topological polar surface area (TPSA) is 30.2 Å². The van der Waals surface area contributed by atoms with E-state index in [0.29, 0.717) is 22.4 Å². The van der Waals surface area contributed by atoms with E-state index in [4.69, 9.17) is 23.2 Å². The number of hydrogen-bond donors (Lipinski definition) is 0. The minimum atomic E-state index is 0.415. The van der Waals surface area contributed by atoms with Crippen LogP contribution in [0.1, 0.15) is 11.1 Å². The maximum atomic E-state index is 6.34. The van der Waals surface area contributed by atoms with Crippen LogP contribution in [0.3, 0.4) is 0 Å². The first-order valence-corrected chi connectivity index (χ1v) is 7.12. The number of nitrogens with zero attached hydrogens (tertiary/aromatic N) is 3. The van der Waals surface area contributed by atoms with E-state index in [0.717, 1.165) is 15.6 Å². The molecule has 0 bridgehead atoms. The molecule has 0 aliphatic heterocycles. The fourth-order valence-electron chi connectivity index (χ4n) is 1.91. The van der Waals surface area contributed by atoms with Crippen molar-refractivity contribution in [3.8, 4) is 0 Å². The maximum absolute atomic E-state index is 6.34. The van der Waals surface area contributed by atoms with Crippen LogP contribution in [0.5, 0.6) is 0 Å². The molecule has 2 heterocycles. The van der Waals surface area contributed by atoms with Crippen LogP contribution in [0.4, 0.5) is 0 Å². The normalized spacial score (nSPS) is 11.1. The molecule has 1 aromatic carbocycles. The van der Waals surface area contributed by atoms with E-state index in [1.165, 1.54) is 0 Å². The minimum Gasteiger partial charge on any atom is -0.216 e. The third-order valence-electron chi connectivity index (χ3n) is 2.79. The maximum Gasteiger partial charge on any atom is 0.158 e. The molecule has 0 radical (unpaired) electrons. The van der Waals surface area contributed by atoms with Crippen molar-refractivity contribution in [1.29, 1.82) is 0 Å². The summed E-state index contributed by atoms with van der Waals surface area (Å²) in [7, 11) is 0. The first-order chi connectivity index (χ1) is 9.15. The van der Waals surface area contributed by atoms with Gasteiger partial charge in [-0.1, -0.05) is 51.3 Å². The number of rotatable bonds is 2. The molecular weight excluding hydrogens is 349 g/mol. The second kappa shape index (κ2) is 5.12. The zero-order chi connectivity index (χ0) is 13.4. The van der Waals surface area contributed by atoms with Crippen LogP contribution in [-0.2, 0) is 6.42 Å². The van der Waals surface area contributed by atoms with Crippen LogP contribution < -0.4 is 0 Å². The molecule has 3 aromatic rings. The lowest BCUT2D eigenvalue weighted by molar-refractivity contribution is 0.917. The molecule has 0 saturated carbocycles. The van der Waals surface area contributed by atoms with E-state index in [9.17, 15) is 0 Å². The summed E-state index contributed by atoms with van der Waals surface area (Å²) in [5.74, 6) is 0. The predicted octanol–water partition coefficient (Wildman–Crippen LogP) is 4.39. The average Bonchev–Trinajstić information content (AvgIpc) is 2.83. The van der Waals surface area contributed by atoms with E-state index in [2.05, 4.69) is 26.0 Å². The first kappa shape index (κ1) is 12.9. The molecule has 3 nitrogen and oxygen atoms in total. The smallest absolute Gasteiger partial charge is 0.158 e. The van der Waals surface area contributed by atoms with Gasteiger partial charge in [0.25, 0.3) is 0 Å². The Bertz CT molecular complexity index is 755. The zero-order valence-electron chi connectivity index (χ0n) is 9.65. The molecule has 0 aliphatic carbocycles. The summed E-state index contributed by atoms with van der Waals surface area (Å²) >= 11 is 16.0. The fraction of sp³-hybridized carbons (Fsp3) is 0.0769. The van der Waals surface area contributed by atoms with Gasteiger partial charge in [-0.05, 0) is 17.7 Å². The Balaban J connectivity index is 2.09. The minimum absolute atomic E-state index is 0.415. The quantitative estimate of drug-likeness (QED) is 0.637. The van der Waals surface area contributed by atoms with Gasteiger partial charge < -0.3 is 0 Å².